The van der Waals surface area contributed by atoms with Gasteiger partial charge in [0.2, 0.25) is 5.76 Å². The van der Waals surface area contributed by atoms with Crippen molar-refractivity contribution >= 4 is 29.2 Å². The van der Waals surface area contributed by atoms with Crippen molar-refractivity contribution in [3.05, 3.63) is 76.4 Å². The van der Waals surface area contributed by atoms with Crippen LogP contribution in [0, 0.1) is 0 Å². The highest BCUT2D eigenvalue weighted by molar-refractivity contribution is 7.10. The fourth-order valence-corrected chi connectivity index (χ4v) is 2.71. The summed E-state index contributed by atoms with van der Waals surface area (Å²) in [4.78, 5) is 25.6. The molecule has 6 heteroatoms. The third kappa shape index (κ3) is 4.05. The zero-order chi connectivity index (χ0) is 17.6. The first-order valence-electron chi connectivity index (χ1n) is 7.37. The number of methoxy groups -OCH3 is 1. The number of thiophene rings is 1. The second-order valence-corrected chi connectivity index (χ2v) is 5.92. The predicted octanol–water partition coefficient (Wildman–Crippen LogP) is 4.47. The van der Waals surface area contributed by atoms with Gasteiger partial charge < -0.3 is 13.9 Å². The maximum atomic E-state index is 12.5. The van der Waals surface area contributed by atoms with Crippen LogP contribution in [0.3, 0.4) is 0 Å². The molecule has 0 N–H and O–H groups in total. The molecule has 0 atom stereocenters. The van der Waals surface area contributed by atoms with Crippen molar-refractivity contribution in [2.45, 2.75) is 0 Å². The molecule has 2 aromatic heterocycles. The molecule has 0 amide bonds. The number of esters is 1. The largest absolute Gasteiger partial charge is 0.497 e. The molecule has 0 radical (unpaired) electrons. The zero-order valence-corrected chi connectivity index (χ0v) is 14.1. The molecule has 126 valence electrons. The van der Waals surface area contributed by atoms with E-state index in [0.717, 1.165) is 4.88 Å². The number of benzene rings is 1. The van der Waals surface area contributed by atoms with Gasteiger partial charge in [0.15, 0.2) is 5.78 Å². The van der Waals surface area contributed by atoms with Crippen molar-refractivity contribution in [1.29, 1.82) is 0 Å². The lowest BCUT2D eigenvalue weighted by Crippen LogP contribution is -2.10. The Labute approximate surface area is 148 Å². The number of furan rings is 1. The summed E-state index contributed by atoms with van der Waals surface area (Å²) in [5.41, 5.74) is 0.258. The van der Waals surface area contributed by atoms with Crippen molar-refractivity contribution in [2.24, 2.45) is 0 Å². The molecule has 0 bridgehead atoms. The van der Waals surface area contributed by atoms with E-state index in [0.29, 0.717) is 5.75 Å². The van der Waals surface area contributed by atoms with Gasteiger partial charge in [0.25, 0.3) is 0 Å². The van der Waals surface area contributed by atoms with Crippen molar-refractivity contribution in [2.75, 3.05) is 7.11 Å². The summed E-state index contributed by atoms with van der Waals surface area (Å²) in [7, 11) is 1.49. The predicted molar refractivity (Wildman–Crippen MR) is 94.3 cm³/mol. The van der Waals surface area contributed by atoms with E-state index in [1.165, 1.54) is 42.9 Å². The molecule has 0 saturated carbocycles. The van der Waals surface area contributed by atoms with E-state index in [9.17, 15) is 9.59 Å². The van der Waals surface area contributed by atoms with E-state index >= 15 is 0 Å². The molecular weight excluding hydrogens is 340 g/mol. The van der Waals surface area contributed by atoms with Crippen LogP contribution in [0.15, 0.2) is 64.6 Å². The Morgan fingerprint density at radius 2 is 2.04 bits per heavy atom. The Balaban J connectivity index is 1.87. The number of carbonyl (C=O) groups excluding carboxylic acids is 2. The Morgan fingerprint density at radius 3 is 2.72 bits per heavy atom. The van der Waals surface area contributed by atoms with E-state index in [1.807, 2.05) is 17.5 Å². The standard InChI is InChI=1S/C19H14O5S/c1-22-13-6-8-15(16(20)9-7-14-4-3-11-25-14)18(12-13)24-19(21)17-5-2-10-23-17/h2-12H,1H3/b9-7-. The van der Waals surface area contributed by atoms with Gasteiger partial charge in [0.05, 0.1) is 18.9 Å². The fourth-order valence-electron chi connectivity index (χ4n) is 2.10. The third-order valence-electron chi connectivity index (χ3n) is 3.32. The molecule has 0 saturated heterocycles. The Hall–Kier alpha value is -3.12. The minimum absolute atomic E-state index is 0.0512. The second kappa shape index (κ2) is 7.63. The van der Waals surface area contributed by atoms with Crippen molar-refractivity contribution < 1.29 is 23.5 Å². The minimum atomic E-state index is -0.686. The Bertz CT molecular complexity index is 892. The molecule has 0 spiro atoms. The molecule has 2 heterocycles. The highest BCUT2D eigenvalue weighted by Gasteiger charge is 2.17. The number of ketones is 1. The quantitative estimate of drug-likeness (QED) is 0.283. The second-order valence-electron chi connectivity index (χ2n) is 4.94. The van der Waals surface area contributed by atoms with Crippen LogP contribution in [0.5, 0.6) is 11.5 Å². The van der Waals surface area contributed by atoms with Crippen LogP contribution in [-0.4, -0.2) is 18.9 Å². The summed E-state index contributed by atoms with van der Waals surface area (Å²) in [6.45, 7) is 0. The SMILES string of the molecule is COc1ccc(C(=O)/C=C\c2cccs2)c(OC(=O)c2ccco2)c1. The van der Waals surface area contributed by atoms with Crippen molar-refractivity contribution in [3.8, 4) is 11.5 Å². The number of hydrogen-bond donors (Lipinski definition) is 0. The smallest absolute Gasteiger partial charge is 0.379 e. The topological polar surface area (TPSA) is 65.7 Å². The molecule has 5 nitrogen and oxygen atoms in total. The summed E-state index contributed by atoms with van der Waals surface area (Å²) in [6.07, 6.45) is 4.53. The van der Waals surface area contributed by atoms with Crippen LogP contribution in [0.25, 0.3) is 6.08 Å². The minimum Gasteiger partial charge on any atom is -0.497 e. The van der Waals surface area contributed by atoms with Gasteiger partial charge in [-0.25, -0.2) is 4.79 Å². The summed E-state index contributed by atoms with van der Waals surface area (Å²) in [6, 6.07) is 11.6. The van der Waals surface area contributed by atoms with E-state index in [2.05, 4.69) is 0 Å². The lowest BCUT2D eigenvalue weighted by atomic mass is 10.1. The number of allylic oxidation sites excluding steroid dienone is 1. The lowest BCUT2D eigenvalue weighted by Gasteiger charge is -2.09. The zero-order valence-electron chi connectivity index (χ0n) is 13.3. The molecule has 3 rings (SSSR count). The Kier molecular flexibility index (Phi) is 5.11. The number of carbonyl (C=O) groups is 2. The lowest BCUT2D eigenvalue weighted by molar-refractivity contribution is 0.0699. The van der Waals surface area contributed by atoms with Gasteiger partial charge in [-0.1, -0.05) is 6.07 Å². The molecule has 3 aromatic rings. The fraction of sp³-hybridized carbons (Fsp3) is 0.0526. The van der Waals surface area contributed by atoms with Gasteiger partial charge >= 0.3 is 5.97 Å². The van der Waals surface area contributed by atoms with Crippen LogP contribution >= 0.6 is 11.3 Å². The number of hydrogen-bond acceptors (Lipinski definition) is 6. The average Bonchev–Trinajstić information content (AvgIpc) is 3.33. The maximum absolute atomic E-state index is 12.5. The molecule has 0 aliphatic carbocycles. The number of ether oxygens (including phenoxy) is 2. The molecule has 0 unspecified atom stereocenters. The van der Waals surface area contributed by atoms with Crippen molar-refractivity contribution in [1.82, 2.24) is 0 Å². The summed E-state index contributed by atoms with van der Waals surface area (Å²) < 4.78 is 15.5. The highest BCUT2D eigenvalue weighted by Crippen LogP contribution is 2.27. The van der Waals surface area contributed by atoms with Gasteiger partial charge in [-0.15, -0.1) is 11.3 Å². The van der Waals surface area contributed by atoms with Crippen LogP contribution in [-0.2, 0) is 0 Å². The van der Waals surface area contributed by atoms with Gasteiger partial charge in [-0.2, -0.15) is 0 Å². The number of rotatable bonds is 6. The molecule has 0 fully saturated rings. The van der Waals surface area contributed by atoms with Crippen LogP contribution < -0.4 is 9.47 Å². The van der Waals surface area contributed by atoms with Crippen LogP contribution in [0.4, 0.5) is 0 Å². The first-order valence-corrected chi connectivity index (χ1v) is 8.25. The summed E-state index contributed by atoms with van der Waals surface area (Å²) in [5.74, 6) is -0.328. The van der Waals surface area contributed by atoms with Gasteiger partial charge in [-0.05, 0) is 47.9 Å². The normalized spacial score (nSPS) is 10.8. The average molecular weight is 354 g/mol. The summed E-state index contributed by atoms with van der Waals surface area (Å²) >= 11 is 1.52. The van der Waals surface area contributed by atoms with Gasteiger partial charge in [-0.3, -0.25) is 4.79 Å². The molecule has 25 heavy (non-hydrogen) atoms. The van der Waals surface area contributed by atoms with Gasteiger partial charge in [0.1, 0.15) is 11.5 Å². The summed E-state index contributed by atoms with van der Waals surface area (Å²) in [5, 5.41) is 1.92. The van der Waals surface area contributed by atoms with E-state index in [4.69, 9.17) is 13.9 Å². The van der Waals surface area contributed by atoms with E-state index < -0.39 is 5.97 Å². The third-order valence-corrected chi connectivity index (χ3v) is 4.16. The monoisotopic (exact) mass is 354 g/mol. The van der Waals surface area contributed by atoms with Gasteiger partial charge in [0, 0.05) is 10.9 Å². The maximum Gasteiger partial charge on any atom is 0.379 e. The highest BCUT2D eigenvalue weighted by atomic mass is 32.1. The van der Waals surface area contributed by atoms with E-state index in [-0.39, 0.29) is 22.9 Å². The first kappa shape index (κ1) is 16.7. The molecule has 1 aromatic carbocycles. The molecule has 0 aliphatic heterocycles. The van der Waals surface area contributed by atoms with Crippen LogP contribution in [0.1, 0.15) is 25.8 Å². The van der Waals surface area contributed by atoms with Crippen molar-refractivity contribution in [3.63, 3.8) is 0 Å². The molecular formula is C19H14O5S. The van der Waals surface area contributed by atoms with E-state index in [1.54, 1.807) is 24.3 Å². The van der Waals surface area contributed by atoms with Crippen LogP contribution in [0.2, 0.25) is 0 Å². The first-order chi connectivity index (χ1) is 12.2. The molecule has 0 aliphatic rings. The Morgan fingerprint density at radius 1 is 1.16 bits per heavy atom.